The Morgan fingerprint density at radius 2 is 1.12 bits per heavy atom. The zero-order valence-corrected chi connectivity index (χ0v) is 14.3. The zero-order valence-electron chi connectivity index (χ0n) is 14.3. The molecule has 0 amide bonds. The van der Waals surface area contributed by atoms with Crippen LogP contribution in [0.25, 0.3) is 0 Å². The van der Waals surface area contributed by atoms with E-state index in [2.05, 4.69) is 0 Å². The van der Waals surface area contributed by atoms with E-state index in [0.717, 1.165) is 0 Å². The van der Waals surface area contributed by atoms with Crippen LogP contribution in [0.3, 0.4) is 0 Å². The number of hydrogen-bond acceptors (Lipinski definition) is 6. The lowest BCUT2D eigenvalue weighted by atomic mass is 10.1. The van der Waals surface area contributed by atoms with E-state index in [1.165, 1.54) is 38.5 Å². The number of carbonyl (C=O) groups is 2. The third-order valence-corrected chi connectivity index (χ3v) is 3.20. The van der Waals surface area contributed by atoms with Crippen molar-refractivity contribution in [1.82, 2.24) is 0 Å². The summed E-state index contributed by atoms with van der Waals surface area (Å²) >= 11 is 0. The van der Waals surface area contributed by atoms with Gasteiger partial charge in [0, 0.05) is 0 Å². The minimum Gasteiger partial charge on any atom is -0.504 e. The van der Waals surface area contributed by atoms with Gasteiger partial charge in [0.25, 0.3) is 0 Å². The number of phenols is 2. The van der Waals surface area contributed by atoms with E-state index in [-0.39, 0.29) is 24.3 Å². The summed E-state index contributed by atoms with van der Waals surface area (Å²) in [7, 11) is 2.83. The number of hydrogen-bond donors (Lipinski definition) is 4. The first kappa shape index (κ1) is 20.6. The van der Waals surface area contributed by atoms with Crippen LogP contribution in [0.5, 0.6) is 23.0 Å². The maximum Gasteiger partial charge on any atom is 0.307 e. The van der Waals surface area contributed by atoms with Crippen LogP contribution in [0, 0.1) is 0 Å². The standard InChI is InChI=1S/2C9H10O4/c2*1-13-8-4-6(5-9(11)12)2-3-7(8)10/h2*2-4,10H,5H2,1H3,(H,11,12). The van der Waals surface area contributed by atoms with Gasteiger partial charge in [-0.25, -0.2) is 0 Å². The van der Waals surface area contributed by atoms with Crippen LogP contribution >= 0.6 is 0 Å². The fraction of sp³-hybridized carbons (Fsp3) is 0.222. The first-order valence-electron chi connectivity index (χ1n) is 7.42. The first-order valence-corrected chi connectivity index (χ1v) is 7.42. The summed E-state index contributed by atoms with van der Waals surface area (Å²) in [5.74, 6) is -1.22. The van der Waals surface area contributed by atoms with E-state index in [0.29, 0.717) is 22.6 Å². The minimum atomic E-state index is -0.909. The normalized spacial score (nSPS) is 9.62. The Kier molecular flexibility index (Phi) is 7.75. The molecule has 4 N–H and O–H groups in total. The maximum atomic E-state index is 10.3. The zero-order chi connectivity index (χ0) is 19.7. The van der Waals surface area contributed by atoms with Crippen molar-refractivity contribution in [3.63, 3.8) is 0 Å². The van der Waals surface area contributed by atoms with E-state index >= 15 is 0 Å². The maximum absolute atomic E-state index is 10.3. The first-order chi connectivity index (χ1) is 12.3. The van der Waals surface area contributed by atoms with Crippen molar-refractivity contribution in [2.45, 2.75) is 12.8 Å². The van der Waals surface area contributed by atoms with Crippen molar-refractivity contribution >= 4 is 11.9 Å². The van der Waals surface area contributed by atoms with Gasteiger partial charge < -0.3 is 29.9 Å². The summed E-state index contributed by atoms with van der Waals surface area (Å²) in [5, 5.41) is 35.4. The molecule has 0 saturated carbocycles. The summed E-state index contributed by atoms with van der Waals surface area (Å²) in [6.07, 6.45) is -0.146. The highest BCUT2D eigenvalue weighted by Gasteiger charge is 2.06. The monoisotopic (exact) mass is 364 g/mol. The van der Waals surface area contributed by atoms with Gasteiger partial charge in [0.1, 0.15) is 0 Å². The molecule has 26 heavy (non-hydrogen) atoms. The second-order valence-corrected chi connectivity index (χ2v) is 5.15. The molecule has 0 heterocycles. The number of carboxylic acid groups (broad SMARTS) is 2. The van der Waals surface area contributed by atoms with Gasteiger partial charge in [-0.05, 0) is 35.4 Å². The lowest BCUT2D eigenvalue weighted by molar-refractivity contribution is -0.137. The van der Waals surface area contributed by atoms with Crippen LogP contribution in [0.2, 0.25) is 0 Å². The van der Waals surface area contributed by atoms with Crippen molar-refractivity contribution in [3.8, 4) is 23.0 Å². The molecule has 140 valence electrons. The number of ether oxygens (including phenoxy) is 2. The molecule has 2 aromatic carbocycles. The molecule has 0 aliphatic heterocycles. The average molecular weight is 364 g/mol. The number of benzene rings is 2. The molecule has 8 heteroatoms. The van der Waals surface area contributed by atoms with Crippen LogP contribution in [0.15, 0.2) is 36.4 Å². The van der Waals surface area contributed by atoms with Gasteiger partial charge in [-0.3, -0.25) is 9.59 Å². The van der Waals surface area contributed by atoms with Crippen molar-refractivity contribution < 1.29 is 39.5 Å². The fourth-order valence-corrected chi connectivity index (χ4v) is 2.01. The molecule has 0 unspecified atom stereocenters. The number of phenolic OH excluding ortho intramolecular Hbond substituents is 2. The van der Waals surface area contributed by atoms with Crippen LogP contribution in [0.4, 0.5) is 0 Å². The van der Waals surface area contributed by atoms with E-state index in [1.54, 1.807) is 12.1 Å². The molecule has 2 aromatic rings. The molecule has 0 saturated heterocycles. The Morgan fingerprint density at radius 3 is 1.38 bits per heavy atom. The van der Waals surface area contributed by atoms with Gasteiger partial charge in [-0.1, -0.05) is 12.1 Å². The molecule has 2 rings (SSSR count). The van der Waals surface area contributed by atoms with Crippen LogP contribution < -0.4 is 9.47 Å². The Hall–Kier alpha value is -3.42. The molecule has 0 spiro atoms. The van der Waals surface area contributed by atoms with E-state index in [9.17, 15) is 19.8 Å². The smallest absolute Gasteiger partial charge is 0.307 e. The number of carboxylic acids is 2. The molecule has 0 bridgehead atoms. The lowest BCUT2D eigenvalue weighted by Gasteiger charge is -2.04. The van der Waals surface area contributed by atoms with Gasteiger partial charge in [0.15, 0.2) is 23.0 Å². The van der Waals surface area contributed by atoms with Crippen molar-refractivity contribution in [3.05, 3.63) is 47.5 Å². The quantitative estimate of drug-likeness (QED) is 0.612. The van der Waals surface area contributed by atoms with Crippen LogP contribution in [0.1, 0.15) is 11.1 Å². The predicted octanol–water partition coefficient (Wildman–Crippen LogP) is 2.06. The fourth-order valence-electron chi connectivity index (χ4n) is 2.01. The molecule has 0 aliphatic carbocycles. The SMILES string of the molecule is COc1cc(CC(=O)O)ccc1O.COc1cc(CC(=O)O)ccc1O. The molecule has 0 aliphatic rings. The molecular formula is C18H20O8. The lowest BCUT2D eigenvalue weighted by Crippen LogP contribution is -2.00. The summed E-state index contributed by atoms with van der Waals surface area (Å²) in [6, 6.07) is 8.93. The van der Waals surface area contributed by atoms with Crippen LogP contribution in [-0.4, -0.2) is 46.6 Å². The highest BCUT2D eigenvalue weighted by atomic mass is 16.5. The molecule has 0 aromatic heterocycles. The molecular weight excluding hydrogens is 344 g/mol. The van der Waals surface area contributed by atoms with E-state index in [4.69, 9.17) is 19.7 Å². The van der Waals surface area contributed by atoms with E-state index < -0.39 is 11.9 Å². The van der Waals surface area contributed by atoms with Gasteiger partial charge in [0.05, 0.1) is 27.1 Å². The summed E-state index contributed by atoms with van der Waals surface area (Å²) in [4.78, 5) is 20.7. The predicted molar refractivity (Wildman–Crippen MR) is 92.0 cm³/mol. The average Bonchev–Trinajstić information content (AvgIpc) is 2.58. The van der Waals surface area contributed by atoms with Crippen molar-refractivity contribution in [2.75, 3.05) is 14.2 Å². The topological polar surface area (TPSA) is 134 Å². The van der Waals surface area contributed by atoms with Crippen LogP contribution in [-0.2, 0) is 22.4 Å². The Balaban J connectivity index is 0.000000260. The number of aromatic hydroxyl groups is 2. The van der Waals surface area contributed by atoms with Crippen molar-refractivity contribution in [2.24, 2.45) is 0 Å². The molecule has 0 atom stereocenters. The number of aliphatic carboxylic acids is 2. The highest BCUT2D eigenvalue weighted by Crippen LogP contribution is 2.27. The van der Waals surface area contributed by atoms with E-state index in [1.807, 2.05) is 0 Å². The summed E-state index contributed by atoms with van der Waals surface area (Å²) < 4.78 is 9.65. The second kappa shape index (κ2) is 9.77. The third kappa shape index (κ3) is 6.60. The number of methoxy groups -OCH3 is 2. The van der Waals surface area contributed by atoms with Crippen molar-refractivity contribution in [1.29, 1.82) is 0 Å². The molecule has 8 nitrogen and oxygen atoms in total. The molecule has 0 fully saturated rings. The third-order valence-electron chi connectivity index (χ3n) is 3.20. The van der Waals surface area contributed by atoms with Gasteiger partial charge in [-0.15, -0.1) is 0 Å². The Bertz CT molecular complexity index is 704. The van der Waals surface area contributed by atoms with Gasteiger partial charge >= 0.3 is 11.9 Å². The minimum absolute atomic E-state index is 0.0108. The Labute approximate surface area is 149 Å². The second-order valence-electron chi connectivity index (χ2n) is 5.15. The Morgan fingerprint density at radius 1 is 0.769 bits per heavy atom. The molecule has 0 radical (unpaired) electrons. The summed E-state index contributed by atoms with van der Waals surface area (Å²) in [5.41, 5.74) is 1.20. The largest absolute Gasteiger partial charge is 0.504 e. The number of rotatable bonds is 6. The highest BCUT2D eigenvalue weighted by molar-refractivity contribution is 5.71. The summed E-state index contributed by atoms with van der Waals surface area (Å²) in [6.45, 7) is 0. The van der Waals surface area contributed by atoms with Gasteiger partial charge in [0.2, 0.25) is 0 Å². The van der Waals surface area contributed by atoms with Gasteiger partial charge in [-0.2, -0.15) is 0 Å².